The van der Waals surface area contributed by atoms with Gasteiger partial charge in [0.1, 0.15) is 5.69 Å². The summed E-state index contributed by atoms with van der Waals surface area (Å²) >= 11 is 12.0. The second-order valence-corrected chi connectivity index (χ2v) is 9.12. The summed E-state index contributed by atoms with van der Waals surface area (Å²) in [6, 6.07) is 10.0. The number of aromatic amines is 1. The number of hydrogen-bond acceptors (Lipinski definition) is 6. The van der Waals surface area contributed by atoms with Crippen LogP contribution >= 0.6 is 23.2 Å². The third kappa shape index (κ3) is 4.07. The molecule has 0 atom stereocenters. The molecule has 0 bridgehead atoms. The number of para-hydroxylation sites is 1. The van der Waals surface area contributed by atoms with Gasteiger partial charge in [-0.1, -0.05) is 29.3 Å². The maximum atomic E-state index is 13.2. The van der Waals surface area contributed by atoms with Gasteiger partial charge in [0.2, 0.25) is 5.78 Å². The molecule has 4 rings (SSSR count). The zero-order chi connectivity index (χ0) is 22.3. The SMILES string of the molecule is Cc1cc(S(=O)(=O)Nc2cc(Cl)cnc2C(=O)c2cccc3[nH]c(=O)oc23)ccc1Cl. The van der Waals surface area contributed by atoms with Gasteiger partial charge in [0, 0.05) is 11.2 Å². The molecule has 2 N–H and O–H groups in total. The number of halogens is 2. The third-order valence-corrected chi connectivity index (χ3v) is 6.44. The van der Waals surface area contributed by atoms with E-state index in [1.54, 1.807) is 19.1 Å². The van der Waals surface area contributed by atoms with Gasteiger partial charge in [-0.2, -0.15) is 0 Å². The van der Waals surface area contributed by atoms with Crippen LogP contribution in [0.4, 0.5) is 5.69 Å². The highest BCUT2D eigenvalue weighted by molar-refractivity contribution is 7.92. The minimum atomic E-state index is -4.09. The number of aryl methyl sites for hydroxylation is 1. The molecule has 2 aromatic heterocycles. The molecule has 2 heterocycles. The molecule has 0 unspecified atom stereocenters. The van der Waals surface area contributed by atoms with Gasteiger partial charge in [-0.15, -0.1) is 0 Å². The number of nitrogens with zero attached hydrogens (tertiary/aromatic N) is 1. The molecule has 0 aliphatic rings. The Hall–Kier alpha value is -3.14. The van der Waals surface area contributed by atoms with Gasteiger partial charge in [0.15, 0.2) is 5.58 Å². The summed E-state index contributed by atoms with van der Waals surface area (Å²) in [6.45, 7) is 1.67. The Morgan fingerprint density at radius 3 is 2.68 bits per heavy atom. The first-order chi connectivity index (χ1) is 14.7. The van der Waals surface area contributed by atoms with Crippen LogP contribution in [0.2, 0.25) is 10.0 Å². The average Bonchev–Trinajstić information content (AvgIpc) is 3.09. The average molecular weight is 478 g/mol. The molecule has 31 heavy (non-hydrogen) atoms. The van der Waals surface area contributed by atoms with Crippen molar-refractivity contribution in [2.45, 2.75) is 11.8 Å². The van der Waals surface area contributed by atoms with Crippen LogP contribution in [0, 0.1) is 6.92 Å². The predicted octanol–water partition coefficient (Wildman–Crippen LogP) is 4.16. The standard InChI is InChI=1S/C20H13Cl2N3O5S/c1-10-7-12(5-6-14(10)22)31(28,29)25-16-8-11(21)9-23-17(16)18(26)13-3-2-4-15-19(13)30-20(27)24-15/h2-9,25H,1H3,(H,24,27). The van der Waals surface area contributed by atoms with E-state index in [2.05, 4.69) is 14.7 Å². The van der Waals surface area contributed by atoms with Crippen LogP contribution in [0.15, 0.2) is 62.8 Å². The van der Waals surface area contributed by atoms with Crippen molar-refractivity contribution in [3.05, 3.63) is 86.1 Å². The van der Waals surface area contributed by atoms with Gasteiger partial charge in [-0.25, -0.2) is 18.2 Å². The van der Waals surface area contributed by atoms with Crippen molar-refractivity contribution >= 4 is 55.8 Å². The molecule has 11 heteroatoms. The van der Waals surface area contributed by atoms with Crippen LogP contribution in [0.25, 0.3) is 11.1 Å². The minimum Gasteiger partial charge on any atom is -0.407 e. The number of anilines is 1. The zero-order valence-electron chi connectivity index (χ0n) is 15.8. The number of sulfonamides is 1. The topological polar surface area (TPSA) is 122 Å². The molecule has 0 aliphatic carbocycles. The second-order valence-electron chi connectivity index (χ2n) is 6.59. The number of oxazole rings is 1. The summed E-state index contributed by atoms with van der Waals surface area (Å²) in [6.07, 6.45) is 1.21. The lowest BCUT2D eigenvalue weighted by molar-refractivity contribution is 0.103. The number of benzene rings is 2. The Kier molecular flexibility index (Phi) is 5.34. The quantitative estimate of drug-likeness (QED) is 0.416. The summed E-state index contributed by atoms with van der Waals surface area (Å²) < 4.78 is 33.2. The molecular weight excluding hydrogens is 465 g/mol. The lowest BCUT2D eigenvalue weighted by atomic mass is 10.1. The van der Waals surface area contributed by atoms with Crippen molar-refractivity contribution in [2.24, 2.45) is 0 Å². The number of ketones is 1. The molecule has 0 aliphatic heterocycles. The van der Waals surface area contributed by atoms with E-state index < -0.39 is 21.6 Å². The van der Waals surface area contributed by atoms with Crippen LogP contribution in [-0.4, -0.2) is 24.2 Å². The molecule has 158 valence electrons. The van der Waals surface area contributed by atoms with Gasteiger partial charge >= 0.3 is 5.76 Å². The summed E-state index contributed by atoms with van der Waals surface area (Å²) in [4.78, 5) is 31.2. The fraction of sp³-hybridized carbons (Fsp3) is 0.0500. The second kappa shape index (κ2) is 7.84. The van der Waals surface area contributed by atoms with E-state index in [1.807, 2.05) is 0 Å². The Bertz CT molecular complexity index is 1510. The van der Waals surface area contributed by atoms with Crippen molar-refractivity contribution in [1.82, 2.24) is 9.97 Å². The monoisotopic (exact) mass is 477 g/mol. The number of carbonyl (C=O) groups is 1. The van der Waals surface area contributed by atoms with E-state index >= 15 is 0 Å². The molecule has 0 radical (unpaired) electrons. The van der Waals surface area contributed by atoms with E-state index in [0.717, 1.165) is 0 Å². The van der Waals surface area contributed by atoms with Crippen molar-refractivity contribution < 1.29 is 17.6 Å². The summed E-state index contributed by atoms with van der Waals surface area (Å²) in [7, 11) is -4.09. The predicted molar refractivity (Wildman–Crippen MR) is 117 cm³/mol. The molecule has 0 saturated carbocycles. The molecule has 0 amide bonds. The molecule has 8 nitrogen and oxygen atoms in total. The van der Waals surface area contributed by atoms with Crippen molar-refractivity contribution in [2.75, 3.05) is 4.72 Å². The van der Waals surface area contributed by atoms with Crippen molar-refractivity contribution in [3.63, 3.8) is 0 Å². The van der Waals surface area contributed by atoms with E-state index in [0.29, 0.717) is 16.1 Å². The van der Waals surface area contributed by atoms with Gasteiger partial charge < -0.3 is 4.42 Å². The molecule has 0 spiro atoms. The maximum absolute atomic E-state index is 13.2. The van der Waals surface area contributed by atoms with Crippen LogP contribution in [0.3, 0.4) is 0 Å². The van der Waals surface area contributed by atoms with Gasteiger partial charge in [-0.05, 0) is 48.9 Å². The van der Waals surface area contributed by atoms with Crippen LogP contribution < -0.4 is 10.5 Å². The Morgan fingerprint density at radius 1 is 1.16 bits per heavy atom. The highest BCUT2D eigenvalue weighted by Crippen LogP contribution is 2.27. The number of rotatable bonds is 5. The summed E-state index contributed by atoms with van der Waals surface area (Å²) in [5.41, 5.74) is 0.627. The first-order valence-electron chi connectivity index (χ1n) is 8.77. The minimum absolute atomic E-state index is 0.0356. The normalized spacial score (nSPS) is 11.6. The largest absolute Gasteiger partial charge is 0.417 e. The third-order valence-electron chi connectivity index (χ3n) is 4.44. The van der Waals surface area contributed by atoms with E-state index in [9.17, 15) is 18.0 Å². The summed E-state index contributed by atoms with van der Waals surface area (Å²) in [5.74, 6) is -1.38. The highest BCUT2D eigenvalue weighted by Gasteiger charge is 2.24. The molecule has 0 fully saturated rings. The number of aromatic nitrogens is 2. The van der Waals surface area contributed by atoms with Crippen LogP contribution in [0.5, 0.6) is 0 Å². The van der Waals surface area contributed by atoms with Gasteiger partial charge in [-0.3, -0.25) is 14.5 Å². The first kappa shape index (κ1) is 21.1. The smallest absolute Gasteiger partial charge is 0.407 e. The zero-order valence-corrected chi connectivity index (χ0v) is 18.1. The number of H-pyrrole nitrogens is 1. The van der Waals surface area contributed by atoms with Gasteiger partial charge in [0.25, 0.3) is 10.0 Å². The Balaban J connectivity index is 1.80. The van der Waals surface area contributed by atoms with Crippen molar-refractivity contribution in [1.29, 1.82) is 0 Å². The van der Waals surface area contributed by atoms with Crippen LogP contribution in [0.1, 0.15) is 21.6 Å². The van der Waals surface area contributed by atoms with Crippen LogP contribution in [-0.2, 0) is 10.0 Å². The maximum Gasteiger partial charge on any atom is 0.417 e. The van der Waals surface area contributed by atoms with E-state index in [1.165, 1.54) is 36.5 Å². The fourth-order valence-electron chi connectivity index (χ4n) is 2.97. The number of nitrogens with one attached hydrogen (secondary N) is 2. The Morgan fingerprint density at radius 2 is 1.94 bits per heavy atom. The number of carbonyl (C=O) groups excluding carboxylic acids is 1. The first-order valence-corrected chi connectivity index (χ1v) is 11.0. The molecular formula is C20H13Cl2N3O5S. The molecule has 4 aromatic rings. The Labute approximate surface area is 185 Å². The highest BCUT2D eigenvalue weighted by atomic mass is 35.5. The lowest BCUT2D eigenvalue weighted by Gasteiger charge is -2.13. The molecule has 0 saturated heterocycles. The summed E-state index contributed by atoms with van der Waals surface area (Å²) in [5, 5.41) is 0.535. The number of fused-ring (bicyclic) bond motifs is 1. The van der Waals surface area contributed by atoms with Crippen molar-refractivity contribution in [3.8, 4) is 0 Å². The fourth-order valence-corrected chi connectivity index (χ4v) is 4.38. The molecule has 2 aromatic carbocycles. The number of pyridine rings is 1. The number of hydrogen-bond donors (Lipinski definition) is 2. The lowest BCUT2D eigenvalue weighted by Crippen LogP contribution is -2.17. The van der Waals surface area contributed by atoms with E-state index in [4.69, 9.17) is 27.6 Å². The van der Waals surface area contributed by atoms with E-state index in [-0.39, 0.29) is 32.4 Å². The van der Waals surface area contributed by atoms with Gasteiger partial charge in [0.05, 0.1) is 26.7 Å².